The predicted octanol–water partition coefficient (Wildman–Crippen LogP) is 2.52. The fraction of sp³-hybridized carbons (Fsp3) is 1.00. The van der Waals surface area contributed by atoms with Gasteiger partial charge in [0.05, 0.1) is 0 Å². The molecule has 3 aliphatic rings. The first kappa shape index (κ1) is 15.8. The summed E-state index contributed by atoms with van der Waals surface area (Å²) in [5, 5.41) is 0. The SMILES string of the molecule is CC(C)N1CC(N2CC(N3CCC(C(C)(C)C)CC3)C2)C1. The van der Waals surface area contributed by atoms with E-state index >= 15 is 0 Å². The smallest absolute Gasteiger partial charge is 0.0352 e. The summed E-state index contributed by atoms with van der Waals surface area (Å²) in [5.41, 5.74) is 0.504. The average molecular weight is 293 g/mol. The summed E-state index contributed by atoms with van der Waals surface area (Å²) in [5.74, 6) is 0.927. The van der Waals surface area contributed by atoms with E-state index in [9.17, 15) is 0 Å². The molecule has 0 radical (unpaired) electrons. The number of rotatable bonds is 3. The minimum atomic E-state index is 0.504. The van der Waals surface area contributed by atoms with Gasteiger partial charge < -0.3 is 0 Å². The lowest BCUT2D eigenvalue weighted by molar-refractivity contribution is -0.0679. The van der Waals surface area contributed by atoms with Crippen molar-refractivity contribution in [2.45, 2.75) is 65.6 Å². The van der Waals surface area contributed by atoms with Crippen molar-refractivity contribution in [3.8, 4) is 0 Å². The Kier molecular flexibility index (Phi) is 4.37. The first-order valence-electron chi connectivity index (χ1n) is 9.06. The number of likely N-dealkylation sites (tertiary alicyclic amines) is 3. The molecule has 3 aliphatic heterocycles. The van der Waals surface area contributed by atoms with Gasteiger partial charge in [0.2, 0.25) is 0 Å². The van der Waals surface area contributed by atoms with Gasteiger partial charge in [-0.2, -0.15) is 0 Å². The van der Waals surface area contributed by atoms with Crippen molar-refractivity contribution in [3.05, 3.63) is 0 Å². The molecule has 0 aromatic rings. The maximum atomic E-state index is 2.78. The molecule has 3 heterocycles. The summed E-state index contributed by atoms with van der Waals surface area (Å²) in [4.78, 5) is 8.09. The summed E-state index contributed by atoms with van der Waals surface area (Å²) < 4.78 is 0. The van der Waals surface area contributed by atoms with Crippen LogP contribution >= 0.6 is 0 Å². The van der Waals surface area contributed by atoms with Gasteiger partial charge in [-0.25, -0.2) is 0 Å². The van der Waals surface area contributed by atoms with Crippen LogP contribution in [0.4, 0.5) is 0 Å². The lowest BCUT2D eigenvalue weighted by Gasteiger charge is -2.56. The molecule has 0 aromatic heterocycles. The third kappa shape index (κ3) is 3.30. The molecule has 122 valence electrons. The summed E-state index contributed by atoms with van der Waals surface area (Å²) in [6.07, 6.45) is 2.81. The molecule has 3 nitrogen and oxygen atoms in total. The average Bonchev–Trinajstić information content (AvgIpc) is 2.28. The molecule has 21 heavy (non-hydrogen) atoms. The van der Waals surface area contributed by atoms with Gasteiger partial charge in [0.25, 0.3) is 0 Å². The molecule has 0 spiro atoms. The molecule has 0 saturated carbocycles. The van der Waals surface area contributed by atoms with Crippen LogP contribution in [0.3, 0.4) is 0 Å². The van der Waals surface area contributed by atoms with E-state index in [4.69, 9.17) is 0 Å². The van der Waals surface area contributed by atoms with Crippen molar-refractivity contribution < 1.29 is 0 Å². The Morgan fingerprint density at radius 3 is 1.81 bits per heavy atom. The Hall–Kier alpha value is -0.120. The van der Waals surface area contributed by atoms with Gasteiger partial charge in [-0.1, -0.05) is 20.8 Å². The first-order valence-corrected chi connectivity index (χ1v) is 9.06. The van der Waals surface area contributed by atoms with E-state index in [1.807, 2.05) is 0 Å². The molecule has 3 fully saturated rings. The molecule has 0 aliphatic carbocycles. The second-order valence-electron chi connectivity index (χ2n) is 8.99. The largest absolute Gasteiger partial charge is 0.298 e. The quantitative estimate of drug-likeness (QED) is 0.792. The number of nitrogens with zero attached hydrogens (tertiary/aromatic N) is 3. The van der Waals surface area contributed by atoms with Crippen molar-refractivity contribution in [2.75, 3.05) is 39.3 Å². The Morgan fingerprint density at radius 2 is 1.33 bits per heavy atom. The van der Waals surface area contributed by atoms with Gasteiger partial charge in [-0.15, -0.1) is 0 Å². The second kappa shape index (κ2) is 5.82. The standard InChI is InChI=1S/C18H35N3/c1-14(2)20-10-17(11-20)21-12-16(13-21)19-8-6-15(7-9-19)18(3,4)5/h14-17H,6-13H2,1-5H3. The maximum absolute atomic E-state index is 2.78. The van der Waals surface area contributed by atoms with Crippen molar-refractivity contribution in [1.82, 2.24) is 14.7 Å². The fourth-order valence-corrected chi connectivity index (χ4v) is 4.29. The van der Waals surface area contributed by atoms with E-state index in [0.29, 0.717) is 5.41 Å². The molecule has 3 heteroatoms. The zero-order chi connectivity index (χ0) is 15.2. The highest BCUT2D eigenvalue weighted by atomic mass is 15.4. The van der Waals surface area contributed by atoms with Gasteiger partial charge in [-0.3, -0.25) is 14.7 Å². The molecular weight excluding hydrogens is 258 g/mol. The monoisotopic (exact) mass is 293 g/mol. The van der Waals surface area contributed by atoms with Crippen molar-refractivity contribution in [3.63, 3.8) is 0 Å². The predicted molar refractivity (Wildman–Crippen MR) is 89.6 cm³/mol. The van der Waals surface area contributed by atoms with Crippen LogP contribution in [0.2, 0.25) is 0 Å². The second-order valence-corrected chi connectivity index (χ2v) is 8.99. The number of hydrogen-bond acceptors (Lipinski definition) is 3. The molecule has 0 N–H and O–H groups in total. The van der Waals surface area contributed by atoms with Crippen LogP contribution < -0.4 is 0 Å². The summed E-state index contributed by atoms with van der Waals surface area (Å²) >= 11 is 0. The highest BCUT2D eigenvalue weighted by Gasteiger charge is 2.42. The Labute approximate surface area is 131 Å². The van der Waals surface area contributed by atoms with E-state index in [-0.39, 0.29) is 0 Å². The van der Waals surface area contributed by atoms with Crippen LogP contribution in [0, 0.1) is 11.3 Å². The maximum Gasteiger partial charge on any atom is 0.0352 e. The highest BCUT2D eigenvalue weighted by molar-refractivity contribution is 4.99. The van der Waals surface area contributed by atoms with Crippen LogP contribution in [0.5, 0.6) is 0 Å². The summed E-state index contributed by atoms with van der Waals surface area (Å²) in [6, 6.07) is 2.45. The number of hydrogen-bond donors (Lipinski definition) is 0. The van der Waals surface area contributed by atoms with E-state index in [1.165, 1.54) is 52.1 Å². The zero-order valence-electron chi connectivity index (χ0n) is 14.8. The topological polar surface area (TPSA) is 9.72 Å². The van der Waals surface area contributed by atoms with Crippen LogP contribution in [0.15, 0.2) is 0 Å². The molecule has 0 atom stereocenters. The molecular formula is C18H35N3. The fourth-order valence-electron chi connectivity index (χ4n) is 4.29. The zero-order valence-corrected chi connectivity index (χ0v) is 14.8. The van der Waals surface area contributed by atoms with Crippen LogP contribution in [0.25, 0.3) is 0 Å². The molecule has 3 saturated heterocycles. The van der Waals surface area contributed by atoms with Gasteiger partial charge >= 0.3 is 0 Å². The lowest BCUT2D eigenvalue weighted by atomic mass is 9.75. The van der Waals surface area contributed by atoms with Gasteiger partial charge in [0.15, 0.2) is 0 Å². The summed E-state index contributed by atoms with van der Waals surface area (Å²) in [6.45, 7) is 19.8. The van der Waals surface area contributed by atoms with Gasteiger partial charge in [-0.05, 0) is 51.1 Å². The third-order valence-electron chi connectivity index (χ3n) is 6.30. The minimum Gasteiger partial charge on any atom is -0.298 e. The van der Waals surface area contributed by atoms with Crippen LogP contribution in [-0.2, 0) is 0 Å². The lowest BCUT2D eigenvalue weighted by Crippen LogP contribution is -2.70. The van der Waals surface area contributed by atoms with Crippen LogP contribution in [-0.4, -0.2) is 72.1 Å². The Morgan fingerprint density at radius 1 is 0.810 bits per heavy atom. The normalized spacial score (nSPS) is 28.9. The molecule has 3 rings (SSSR count). The van der Waals surface area contributed by atoms with E-state index in [2.05, 4.69) is 49.3 Å². The Bertz CT molecular complexity index is 340. The van der Waals surface area contributed by atoms with Crippen molar-refractivity contribution in [2.24, 2.45) is 11.3 Å². The number of piperidine rings is 1. The van der Waals surface area contributed by atoms with E-state index < -0.39 is 0 Å². The van der Waals surface area contributed by atoms with E-state index in [0.717, 1.165) is 24.0 Å². The third-order valence-corrected chi connectivity index (χ3v) is 6.30. The van der Waals surface area contributed by atoms with Crippen LogP contribution in [0.1, 0.15) is 47.5 Å². The van der Waals surface area contributed by atoms with Gasteiger partial charge in [0.1, 0.15) is 0 Å². The van der Waals surface area contributed by atoms with Gasteiger partial charge in [0, 0.05) is 44.3 Å². The molecule has 0 bridgehead atoms. The van der Waals surface area contributed by atoms with E-state index in [1.54, 1.807) is 0 Å². The van der Waals surface area contributed by atoms with Crippen molar-refractivity contribution >= 4 is 0 Å². The van der Waals surface area contributed by atoms with Crippen molar-refractivity contribution in [1.29, 1.82) is 0 Å². The molecule has 0 aromatic carbocycles. The molecule has 0 unspecified atom stereocenters. The highest BCUT2D eigenvalue weighted by Crippen LogP contribution is 2.36. The summed E-state index contributed by atoms with van der Waals surface area (Å²) in [7, 11) is 0. The Balaban J connectivity index is 1.36. The first-order chi connectivity index (χ1) is 9.84. The minimum absolute atomic E-state index is 0.504. The molecule has 0 amide bonds.